The molecule has 2 aromatic carbocycles. The largest absolute Gasteiger partial charge is 0.420 e. The van der Waals surface area contributed by atoms with E-state index in [0.29, 0.717) is 10.5 Å². The minimum absolute atomic E-state index is 0.323. The lowest BCUT2D eigenvalue weighted by molar-refractivity contribution is 0.546. The van der Waals surface area contributed by atoms with Gasteiger partial charge in [-0.05, 0) is 24.6 Å². The highest BCUT2D eigenvalue weighted by atomic mass is 32.1. The van der Waals surface area contributed by atoms with Crippen LogP contribution in [0, 0.1) is 6.92 Å². The van der Waals surface area contributed by atoms with Gasteiger partial charge in [-0.3, -0.25) is 0 Å². The Labute approximate surface area is 119 Å². The number of hydrogen-bond acceptors (Lipinski definition) is 3. The van der Waals surface area contributed by atoms with Gasteiger partial charge in [-0.1, -0.05) is 24.3 Å². The number of H-pyrrole nitrogens is 1. The number of nitrogens with one attached hydrogen (secondary N) is 1. The van der Waals surface area contributed by atoms with Crippen LogP contribution in [0.15, 0.2) is 50.5 Å². The summed E-state index contributed by atoms with van der Waals surface area (Å²) in [7, 11) is 0. The molecule has 0 saturated carbocycles. The molecular formula is C16H11NO2S. The van der Waals surface area contributed by atoms with Crippen LogP contribution >= 0.6 is 12.6 Å². The molecule has 0 amide bonds. The third kappa shape index (κ3) is 1.51. The van der Waals surface area contributed by atoms with Crippen molar-refractivity contribution in [3.63, 3.8) is 0 Å². The second-order valence-corrected chi connectivity index (χ2v) is 5.48. The summed E-state index contributed by atoms with van der Waals surface area (Å²) in [5.41, 5.74) is 3.26. The molecule has 2 aromatic heterocycles. The molecule has 4 rings (SSSR count). The van der Waals surface area contributed by atoms with Crippen molar-refractivity contribution in [2.45, 2.75) is 11.8 Å². The van der Waals surface area contributed by atoms with Crippen LogP contribution in [-0.2, 0) is 0 Å². The van der Waals surface area contributed by atoms with Gasteiger partial charge >= 0.3 is 5.63 Å². The van der Waals surface area contributed by atoms with E-state index in [9.17, 15) is 4.79 Å². The topological polar surface area (TPSA) is 46.0 Å². The van der Waals surface area contributed by atoms with Crippen molar-refractivity contribution in [3.8, 4) is 0 Å². The molecule has 0 aliphatic heterocycles. The standard InChI is InChI=1S/C16H11NO2S/c1-8-2-4-10-11-5-3-9-7-13(20)16(18)19-15(9)14(11)17-12(10)6-8/h2-7,17,20H,1H3. The summed E-state index contributed by atoms with van der Waals surface area (Å²) in [5, 5.41) is 3.05. The van der Waals surface area contributed by atoms with Crippen LogP contribution < -0.4 is 5.63 Å². The zero-order valence-corrected chi connectivity index (χ0v) is 11.6. The van der Waals surface area contributed by atoms with Crippen LogP contribution in [0.25, 0.3) is 32.8 Å². The maximum absolute atomic E-state index is 11.7. The maximum Gasteiger partial charge on any atom is 0.349 e. The molecule has 0 saturated heterocycles. The van der Waals surface area contributed by atoms with E-state index in [4.69, 9.17) is 4.42 Å². The molecule has 20 heavy (non-hydrogen) atoms. The molecule has 3 nitrogen and oxygen atoms in total. The molecule has 1 N–H and O–H groups in total. The Balaban J connectivity index is 2.27. The third-order valence-electron chi connectivity index (χ3n) is 3.61. The second-order valence-electron chi connectivity index (χ2n) is 5.00. The Morgan fingerprint density at radius 3 is 2.75 bits per heavy atom. The first-order valence-electron chi connectivity index (χ1n) is 6.31. The molecule has 0 atom stereocenters. The lowest BCUT2D eigenvalue weighted by atomic mass is 10.1. The Morgan fingerprint density at radius 2 is 1.90 bits per heavy atom. The van der Waals surface area contributed by atoms with Crippen molar-refractivity contribution in [3.05, 3.63) is 52.4 Å². The van der Waals surface area contributed by atoms with Crippen LogP contribution in [0.5, 0.6) is 0 Å². The molecule has 0 bridgehead atoms. The van der Waals surface area contributed by atoms with E-state index in [1.165, 1.54) is 5.56 Å². The Hall–Kier alpha value is -2.20. The quantitative estimate of drug-likeness (QED) is 0.377. The van der Waals surface area contributed by atoms with Gasteiger partial charge in [0.1, 0.15) is 0 Å². The minimum atomic E-state index is -0.414. The summed E-state index contributed by atoms with van der Waals surface area (Å²) in [6.45, 7) is 2.05. The van der Waals surface area contributed by atoms with Gasteiger partial charge in [-0.25, -0.2) is 4.79 Å². The fourth-order valence-electron chi connectivity index (χ4n) is 2.65. The monoisotopic (exact) mass is 281 g/mol. The first-order chi connectivity index (χ1) is 9.63. The SMILES string of the molecule is Cc1ccc2c(c1)[nH]c1c2ccc2cc(S)c(=O)oc21. The van der Waals surface area contributed by atoms with Gasteiger partial charge in [0.2, 0.25) is 0 Å². The van der Waals surface area contributed by atoms with Crippen LogP contribution in [0.3, 0.4) is 0 Å². The molecule has 98 valence electrons. The molecule has 0 spiro atoms. The number of aryl methyl sites for hydroxylation is 1. The predicted molar refractivity (Wildman–Crippen MR) is 83.8 cm³/mol. The molecule has 0 unspecified atom stereocenters. The average Bonchev–Trinajstić information content (AvgIpc) is 2.78. The highest BCUT2D eigenvalue weighted by molar-refractivity contribution is 7.80. The lowest BCUT2D eigenvalue weighted by Gasteiger charge is -1.99. The molecule has 2 heterocycles. The first-order valence-corrected chi connectivity index (χ1v) is 6.76. The van der Waals surface area contributed by atoms with Crippen molar-refractivity contribution in [2.75, 3.05) is 0 Å². The van der Waals surface area contributed by atoms with Crippen molar-refractivity contribution in [1.29, 1.82) is 0 Å². The molecule has 0 aliphatic carbocycles. The van der Waals surface area contributed by atoms with Gasteiger partial charge < -0.3 is 9.40 Å². The minimum Gasteiger partial charge on any atom is -0.420 e. The zero-order chi connectivity index (χ0) is 13.9. The van der Waals surface area contributed by atoms with Gasteiger partial charge in [0, 0.05) is 21.7 Å². The van der Waals surface area contributed by atoms with Gasteiger partial charge in [-0.2, -0.15) is 0 Å². The van der Waals surface area contributed by atoms with Gasteiger partial charge in [0.05, 0.1) is 10.4 Å². The van der Waals surface area contributed by atoms with Crippen molar-refractivity contribution in [2.24, 2.45) is 0 Å². The number of thiol groups is 1. The summed E-state index contributed by atoms with van der Waals surface area (Å²) in [4.78, 5) is 15.4. The summed E-state index contributed by atoms with van der Waals surface area (Å²) < 4.78 is 5.40. The smallest absolute Gasteiger partial charge is 0.349 e. The summed E-state index contributed by atoms with van der Waals surface area (Å²) >= 11 is 4.11. The number of aromatic amines is 1. The Morgan fingerprint density at radius 1 is 1.10 bits per heavy atom. The van der Waals surface area contributed by atoms with Gasteiger partial charge in [-0.15, -0.1) is 12.6 Å². The van der Waals surface area contributed by atoms with Crippen molar-refractivity contribution >= 4 is 45.4 Å². The number of hydrogen-bond donors (Lipinski definition) is 2. The van der Waals surface area contributed by atoms with Crippen molar-refractivity contribution < 1.29 is 4.42 Å². The third-order valence-corrected chi connectivity index (χ3v) is 3.92. The lowest BCUT2D eigenvalue weighted by Crippen LogP contribution is -1.99. The molecule has 0 radical (unpaired) electrons. The number of benzene rings is 2. The number of fused-ring (bicyclic) bond motifs is 5. The maximum atomic E-state index is 11.7. The molecule has 4 aromatic rings. The molecule has 4 heteroatoms. The van der Waals surface area contributed by atoms with E-state index in [-0.39, 0.29) is 0 Å². The van der Waals surface area contributed by atoms with E-state index >= 15 is 0 Å². The average molecular weight is 281 g/mol. The van der Waals surface area contributed by atoms with E-state index in [2.05, 4.69) is 42.7 Å². The van der Waals surface area contributed by atoms with E-state index in [0.717, 1.165) is 27.2 Å². The van der Waals surface area contributed by atoms with Gasteiger partial charge in [0.15, 0.2) is 5.58 Å². The van der Waals surface area contributed by atoms with E-state index < -0.39 is 5.63 Å². The summed E-state index contributed by atoms with van der Waals surface area (Å²) in [5.74, 6) is 0. The summed E-state index contributed by atoms with van der Waals surface area (Å²) in [6, 6.07) is 12.0. The highest BCUT2D eigenvalue weighted by Crippen LogP contribution is 2.31. The van der Waals surface area contributed by atoms with Gasteiger partial charge in [0.25, 0.3) is 0 Å². The zero-order valence-electron chi connectivity index (χ0n) is 10.7. The number of aromatic nitrogens is 1. The molecule has 0 fully saturated rings. The Kier molecular flexibility index (Phi) is 2.26. The fraction of sp³-hybridized carbons (Fsp3) is 0.0625. The fourth-order valence-corrected chi connectivity index (χ4v) is 2.84. The van der Waals surface area contributed by atoms with Crippen molar-refractivity contribution in [1.82, 2.24) is 4.98 Å². The first kappa shape index (κ1) is 11.6. The predicted octanol–water partition coefficient (Wildman–Crippen LogP) is 4.02. The van der Waals surface area contributed by atoms with Crippen LogP contribution in [0.4, 0.5) is 0 Å². The molecular weight excluding hydrogens is 270 g/mol. The second kappa shape index (κ2) is 3.90. The number of rotatable bonds is 0. The highest BCUT2D eigenvalue weighted by Gasteiger charge is 2.11. The van der Waals surface area contributed by atoms with Crippen LogP contribution in [0.2, 0.25) is 0 Å². The van der Waals surface area contributed by atoms with Crippen LogP contribution in [0.1, 0.15) is 5.56 Å². The normalized spacial score (nSPS) is 11.7. The van der Waals surface area contributed by atoms with E-state index in [1.807, 2.05) is 12.1 Å². The van der Waals surface area contributed by atoms with Crippen LogP contribution in [-0.4, -0.2) is 4.98 Å². The molecule has 0 aliphatic rings. The summed E-state index contributed by atoms with van der Waals surface area (Å²) in [6.07, 6.45) is 0. The van der Waals surface area contributed by atoms with E-state index in [1.54, 1.807) is 6.07 Å². The Bertz CT molecular complexity index is 1040.